The van der Waals surface area contributed by atoms with Crippen LogP contribution in [0, 0.1) is 0 Å². The summed E-state index contributed by atoms with van der Waals surface area (Å²) in [5.74, 6) is 1.65. The fourth-order valence-corrected chi connectivity index (χ4v) is 2.41. The highest BCUT2D eigenvalue weighted by Gasteiger charge is 2.22. The van der Waals surface area contributed by atoms with Crippen LogP contribution in [0.4, 0.5) is 11.6 Å². The minimum atomic E-state index is 0.101. The van der Waals surface area contributed by atoms with Gasteiger partial charge in [-0.25, -0.2) is 9.97 Å². The van der Waals surface area contributed by atoms with E-state index in [4.69, 9.17) is 0 Å². The van der Waals surface area contributed by atoms with E-state index in [1.165, 1.54) is 6.33 Å². The number of amides is 1. The first kappa shape index (κ1) is 15.1. The highest BCUT2D eigenvalue weighted by atomic mass is 16.2. The van der Waals surface area contributed by atoms with Crippen LogP contribution in [0.5, 0.6) is 0 Å². The number of nitrogens with zero attached hydrogens (tertiary/aromatic N) is 7. The van der Waals surface area contributed by atoms with Crippen molar-refractivity contribution >= 4 is 17.5 Å². The summed E-state index contributed by atoms with van der Waals surface area (Å²) in [5.41, 5.74) is 0.866. The number of carbonyl (C=O) groups is 1. The van der Waals surface area contributed by atoms with Crippen molar-refractivity contribution in [3.05, 3.63) is 36.7 Å². The SMILES string of the molecule is CN1CCN(c2cc(N(C)Cc3cnccn3)ncn2)CC1=O. The molecule has 0 radical (unpaired) electrons. The molecule has 0 unspecified atom stereocenters. The molecule has 3 heterocycles. The molecule has 1 fully saturated rings. The highest BCUT2D eigenvalue weighted by Crippen LogP contribution is 2.19. The Balaban J connectivity index is 1.73. The molecule has 8 nitrogen and oxygen atoms in total. The van der Waals surface area contributed by atoms with E-state index in [0.29, 0.717) is 19.6 Å². The third-order valence-corrected chi connectivity index (χ3v) is 3.83. The molecule has 0 atom stereocenters. The molecule has 1 aliphatic heterocycles. The third-order valence-electron chi connectivity index (χ3n) is 3.83. The van der Waals surface area contributed by atoms with E-state index in [-0.39, 0.29) is 5.91 Å². The van der Waals surface area contributed by atoms with Gasteiger partial charge in [0, 0.05) is 45.6 Å². The quantitative estimate of drug-likeness (QED) is 0.797. The van der Waals surface area contributed by atoms with E-state index in [9.17, 15) is 4.79 Å². The van der Waals surface area contributed by atoms with Gasteiger partial charge in [0.15, 0.2) is 0 Å². The van der Waals surface area contributed by atoms with Gasteiger partial charge < -0.3 is 14.7 Å². The number of rotatable bonds is 4. The number of carbonyl (C=O) groups excluding carboxylic acids is 1. The molecule has 1 amide bonds. The summed E-state index contributed by atoms with van der Waals surface area (Å²) in [7, 11) is 3.76. The number of anilines is 2. The number of hydrogen-bond acceptors (Lipinski definition) is 7. The predicted octanol–water partition coefficient (Wildman–Crippen LogP) is 0.181. The van der Waals surface area contributed by atoms with Gasteiger partial charge in [-0.2, -0.15) is 0 Å². The van der Waals surface area contributed by atoms with E-state index >= 15 is 0 Å². The minimum Gasteiger partial charge on any atom is -0.354 e. The Kier molecular flexibility index (Phi) is 4.31. The normalized spacial score (nSPS) is 15.0. The molecular weight excluding hydrogens is 294 g/mol. The van der Waals surface area contributed by atoms with E-state index in [1.807, 2.05) is 30.0 Å². The molecule has 8 heteroatoms. The molecule has 0 spiro atoms. The highest BCUT2D eigenvalue weighted by molar-refractivity contribution is 5.82. The van der Waals surface area contributed by atoms with Gasteiger partial charge in [0.25, 0.3) is 0 Å². The zero-order valence-electron chi connectivity index (χ0n) is 13.3. The van der Waals surface area contributed by atoms with E-state index in [1.54, 1.807) is 23.5 Å². The van der Waals surface area contributed by atoms with Gasteiger partial charge >= 0.3 is 0 Å². The monoisotopic (exact) mass is 313 g/mol. The summed E-state index contributed by atoms with van der Waals surface area (Å²) >= 11 is 0. The zero-order valence-corrected chi connectivity index (χ0v) is 13.3. The first-order chi connectivity index (χ1) is 11.1. The van der Waals surface area contributed by atoms with Gasteiger partial charge in [0.05, 0.1) is 25.0 Å². The Hall–Kier alpha value is -2.77. The molecule has 3 rings (SSSR count). The van der Waals surface area contributed by atoms with Gasteiger partial charge in [-0.3, -0.25) is 14.8 Å². The number of likely N-dealkylation sites (N-methyl/N-ethyl adjacent to an activating group) is 1. The van der Waals surface area contributed by atoms with Crippen LogP contribution in [0.1, 0.15) is 5.69 Å². The Morgan fingerprint density at radius 3 is 2.83 bits per heavy atom. The lowest BCUT2D eigenvalue weighted by Gasteiger charge is -2.33. The van der Waals surface area contributed by atoms with Crippen LogP contribution in [-0.2, 0) is 11.3 Å². The van der Waals surface area contributed by atoms with E-state index < -0.39 is 0 Å². The smallest absolute Gasteiger partial charge is 0.241 e. The maximum absolute atomic E-state index is 11.9. The van der Waals surface area contributed by atoms with Crippen LogP contribution in [0.3, 0.4) is 0 Å². The van der Waals surface area contributed by atoms with Crippen LogP contribution in [0.15, 0.2) is 31.0 Å². The van der Waals surface area contributed by atoms with Gasteiger partial charge in [0.2, 0.25) is 5.91 Å². The van der Waals surface area contributed by atoms with Crippen LogP contribution >= 0.6 is 0 Å². The topological polar surface area (TPSA) is 78.3 Å². The summed E-state index contributed by atoms with van der Waals surface area (Å²) in [6.45, 7) is 2.42. The average Bonchev–Trinajstić information content (AvgIpc) is 2.58. The van der Waals surface area contributed by atoms with Crippen LogP contribution in [-0.4, -0.2) is 64.5 Å². The number of hydrogen-bond donors (Lipinski definition) is 0. The molecule has 2 aromatic heterocycles. The largest absolute Gasteiger partial charge is 0.354 e. The van der Waals surface area contributed by atoms with Crippen LogP contribution in [0.25, 0.3) is 0 Å². The first-order valence-corrected chi connectivity index (χ1v) is 7.40. The Morgan fingerprint density at radius 2 is 2.09 bits per heavy atom. The molecule has 2 aromatic rings. The summed E-state index contributed by atoms with van der Waals surface area (Å²) in [5, 5.41) is 0. The van der Waals surface area contributed by atoms with Gasteiger partial charge in [0.1, 0.15) is 18.0 Å². The van der Waals surface area contributed by atoms with Gasteiger partial charge in [-0.05, 0) is 0 Å². The third kappa shape index (κ3) is 3.53. The Bertz CT molecular complexity index is 679. The molecule has 1 saturated heterocycles. The van der Waals surface area contributed by atoms with Crippen LogP contribution < -0.4 is 9.80 Å². The maximum Gasteiger partial charge on any atom is 0.241 e. The van der Waals surface area contributed by atoms with Crippen LogP contribution in [0.2, 0.25) is 0 Å². The molecule has 0 saturated carbocycles. The Morgan fingerprint density at radius 1 is 1.22 bits per heavy atom. The van der Waals surface area contributed by atoms with Crippen molar-refractivity contribution in [1.29, 1.82) is 0 Å². The summed E-state index contributed by atoms with van der Waals surface area (Å²) in [6.07, 6.45) is 6.58. The minimum absolute atomic E-state index is 0.101. The molecule has 23 heavy (non-hydrogen) atoms. The fraction of sp³-hybridized carbons (Fsp3) is 0.400. The second kappa shape index (κ2) is 6.55. The Labute approximate surface area is 134 Å². The van der Waals surface area contributed by atoms with E-state index in [2.05, 4.69) is 19.9 Å². The zero-order chi connectivity index (χ0) is 16.2. The lowest BCUT2D eigenvalue weighted by Crippen LogP contribution is -2.48. The molecule has 0 N–H and O–H groups in total. The molecule has 0 aromatic carbocycles. The van der Waals surface area contributed by atoms with Crippen molar-refractivity contribution in [2.45, 2.75) is 6.54 Å². The van der Waals surface area contributed by atoms with Crippen molar-refractivity contribution < 1.29 is 4.79 Å². The van der Waals surface area contributed by atoms with Crippen molar-refractivity contribution in [3.8, 4) is 0 Å². The average molecular weight is 313 g/mol. The first-order valence-electron chi connectivity index (χ1n) is 7.40. The second-order valence-corrected chi connectivity index (χ2v) is 5.52. The number of aromatic nitrogens is 4. The standard InChI is InChI=1S/C15H19N7O/c1-20-5-6-22(10-15(20)23)14-7-13(18-11-19-14)21(2)9-12-8-16-3-4-17-12/h3-4,7-8,11H,5-6,9-10H2,1-2H3. The maximum atomic E-state index is 11.9. The van der Waals surface area contributed by atoms with Gasteiger partial charge in [-0.15, -0.1) is 0 Å². The molecule has 120 valence electrons. The predicted molar refractivity (Wildman–Crippen MR) is 86.0 cm³/mol. The fourth-order valence-electron chi connectivity index (χ4n) is 2.41. The van der Waals surface area contributed by atoms with Crippen molar-refractivity contribution in [2.24, 2.45) is 0 Å². The van der Waals surface area contributed by atoms with Gasteiger partial charge in [-0.1, -0.05) is 0 Å². The number of piperazine rings is 1. The molecule has 0 aliphatic carbocycles. The molecule has 1 aliphatic rings. The molecular formula is C15H19N7O. The van der Waals surface area contributed by atoms with Crippen molar-refractivity contribution in [1.82, 2.24) is 24.8 Å². The lowest BCUT2D eigenvalue weighted by molar-refractivity contribution is -0.129. The van der Waals surface area contributed by atoms with E-state index in [0.717, 1.165) is 23.9 Å². The summed E-state index contributed by atoms with van der Waals surface area (Å²) in [6, 6.07) is 1.90. The van der Waals surface area contributed by atoms with Crippen molar-refractivity contribution in [3.63, 3.8) is 0 Å². The lowest BCUT2D eigenvalue weighted by atomic mass is 10.3. The summed E-state index contributed by atoms with van der Waals surface area (Å²) in [4.78, 5) is 34.5. The summed E-state index contributed by atoms with van der Waals surface area (Å²) < 4.78 is 0. The second-order valence-electron chi connectivity index (χ2n) is 5.52. The van der Waals surface area contributed by atoms with Crippen molar-refractivity contribution in [2.75, 3.05) is 43.5 Å². The molecule has 0 bridgehead atoms.